The number of rotatable bonds is 6. The van der Waals surface area contributed by atoms with Gasteiger partial charge in [0.15, 0.2) is 0 Å². The molecule has 1 aromatic carbocycles. The average molecular weight is 274 g/mol. The molecule has 3 nitrogen and oxygen atoms in total. The summed E-state index contributed by atoms with van der Waals surface area (Å²) in [5.74, 6) is -0.202. The Morgan fingerprint density at radius 2 is 2.26 bits per heavy atom. The summed E-state index contributed by atoms with van der Waals surface area (Å²) in [6, 6.07) is 9.46. The second-order valence-electron chi connectivity index (χ2n) is 3.97. The van der Waals surface area contributed by atoms with Crippen molar-refractivity contribution in [3.05, 3.63) is 58.3 Å². The van der Waals surface area contributed by atoms with Crippen molar-refractivity contribution in [2.45, 2.75) is 6.42 Å². The van der Waals surface area contributed by atoms with Crippen LogP contribution >= 0.6 is 11.3 Å². The zero-order valence-corrected chi connectivity index (χ0v) is 11.1. The maximum atomic E-state index is 10.4. The van der Waals surface area contributed by atoms with E-state index in [1.165, 1.54) is 5.56 Å². The first kappa shape index (κ1) is 13.4. The van der Waals surface area contributed by atoms with E-state index in [1.807, 2.05) is 29.6 Å². The fraction of sp³-hybridized carbons (Fsp3) is 0.133. The van der Waals surface area contributed by atoms with E-state index in [-0.39, 0.29) is 0 Å². The molecular weight excluding hydrogens is 260 g/mol. The Morgan fingerprint density at radius 1 is 1.37 bits per heavy atom. The highest BCUT2D eigenvalue weighted by Gasteiger charge is 1.97. The van der Waals surface area contributed by atoms with Gasteiger partial charge >= 0.3 is 5.97 Å². The summed E-state index contributed by atoms with van der Waals surface area (Å²) >= 11 is 1.68. The lowest BCUT2D eigenvalue weighted by atomic mass is 10.2. The highest BCUT2D eigenvalue weighted by atomic mass is 32.1. The third-order valence-electron chi connectivity index (χ3n) is 2.52. The number of hydrogen-bond donors (Lipinski definition) is 1. The smallest absolute Gasteiger partial charge is 0.328 e. The number of aliphatic carboxylic acids is 1. The van der Waals surface area contributed by atoms with Crippen LogP contribution in [0.15, 0.2) is 47.2 Å². The predicted molar refractivity (Wildman–Crippen MR) is 76.6 cm³/mol. The molecule has 0 bridgehead atoms. The molecule has 0 spiro atoms. The number of hydrogen-bond acceptors (Lipinski definition) is 3. The molecule has 2 rings (SSSR count). The van der Waals surface area contributed by atoms with Gasteiger partial charge in [0, 0.05) is 12.5 Å². The van der Waals surface area contributed by atoms with Crippen LogP contribution in [0, 0.1) is 0 Å². The molecule has 1 heterocycles. The van der Waals surface area contributed by atoms with Crippen LogP contribution in [0.3, 0.4) is 0 Å². The predicted octanol–water partition coefficient (Wildman–Crippen LogP) is 3.47. The Morgan fingerprint density at radius 3 is 3.00 bits per heavy atom. The minimum Gasteiger partial charge on any atom is -0.493 e. The van der Waals surface area contributed by atoms with Gasteiger partial charge in [-0.1, -0.05) is 12.1 Å². The first-order valence-corrected chi connectivity index (χ1v) is 6.83. The molecule has 98 valence electrons. The molecule has 1 aromatic heterocycles. The maximum absolute atomic E-state index is 10.4. The Labute approximate surface area is 115 Å². The van der Waals surface area contributed by atoms with Crippen molar-refractivity contribution in [3.63, 3.8) is 0 Å². The van der Waals surface area contributed by atoms with Gasteiger partial charge in [0.25, 0.3) is 0 Å². The van der Waals surface area contributed by atoms with Crippen molar-refractivity contribution >= 4 is 23.4 Å². The van der Waals surface area contributed by atoms with Gasteiger partial charge in [0.2, 0.25) is 0 Å². The van der Waals surface area contributed by atoms with Crippen LogP contribution in [0.25, 0.3) is 6.08 Å². The number of carboxylic acids is 1. The van der Waals surface area contributed by atoms with Gasteiger partial charge in [-0.15, -0.1) is 0 Å². The lowest BCUT2D eigenvalue weighted by molar-refractivity contribution is -0.131. The molecule has 0 aliphatic heterocycles. The van der Waals surface area contributed by atoms with Gasteiger partial charge in [-0.25, -0.2) is 4.79 Å². The third kappa shape index (κ3) is 4.60. The van der Waals surface area contributed by atoms with Crippen molar-refractivity contribution in [2.24, 2.45) is 0 Å². The molecule has 0 unspecified atom stereocenters. The SMILES string of the molecule is O=C(O)C=Cc1cccc(OCCc2ccsc2)c1. The van der Waals surface area contributed by atoms with Gasteiger partial charge in [0.05, 0.1) is 6.61 Å². The minimum atomic E-state index is -0.955. The van der Waals surface area contributed by atoms with Crippen molar-refractivity contribution in [1.82, 2.24) is 0 Å². The summed E-state index contributed by atoms with van der Waals surface area (Å²) in [6.07, 6.45) is 3.54. The summed E-state index contributed by atoms with van der Waals surface area (Å²) < 4.78 is 5.65. The molecule has 1 N–H and O–H groups in total. The van der Waals surface area contributed by atoms with E-state index in [0.29, 0.717) is 6.61 Å². The molecule has 0 saturated heterocycles. The second kappa shape index (κ2) is 6.75. The Balaban J connectivity index is 1.90. The van der Waals surface area contributed by atoms with Crippen molar-refractivity contribution in [3.8, 4) is 5.75 Å². The standard InChI is InChI=1S/C15H14O3S/c16-15(17)5-4-12-2-1-3-14(10-12)18-8-6-13-7-9-19-11-13/h1-5,7,9-11H,6,8H2,(H,16,17). The van der Waals surface area contributed by atoms with Crippen LogP contribution in [-0.4, -0.2) is 17.7 Å². The van der Waals surface area contributed by atoms with Crippen LogP contribution in [0.5, 0.6) is 5.75 Å². The fourth-order valence-electron chi connectivity index (χ4n) is 1.60. The van der Waals surface area contributed by atoms with E-state index < -0.39 is 5.97 Å². The topological polar surface area (TPSA) is 46.5 Å². The molecule has 0 aliphatic carbocycles. The molecule has 0 atom stereocenters. The molecule has 2 aromatic rings. The first-order chi connectivity index (χ1) is 9.24. The molecule has 0 amide bonds. The highest BCUT2D eigenvalue weighted by molar-refractivity contribution is 7.07. The van der Waals surface area contributed by atoms with E-state index in [1.54, 1.807) is 17.4 Å². The monoisotopic (exact) mass is 274 g/mol. The largest absolute Gasteiger partial charge is 0.493 e. The minimum absolute atomic E-state index is 0.614. The molecule has 0 radical (unpaired) electrons. The summed E-state index contributed by atoms with van der Waals surface area (Å²) in [7, 11) is 0. The van der Waals surface area contributed by atoms with Gasteiger partial charge in [-0.3, -0.25) is 0 Å². The Bertz CT molecular complexity index is 559. The molecule has 19 heavy (non-hydrogen) atoms. The maximum Gasteiger partial charge on any atom is 0.328 e. The molecule has 0 aliphatic rings. The highest BCUT2D eigenvalue weighted by Crippen LogP contribution is 2.15. The lowest BCUT2D eigenvalue weighted by Crippen LogP contribution is -2.00. The average Bonchev–Trinajstić information content (AvgIpc) is 2.90. The van der Waals surface area contributed by atoms with E-state index in [2.05, 4.69) is 11.4 Å². The van der Waals surface area contributed by atoms with Crippen LogP contribution in [0.1, 0.15) is 11.1 Å². The quantitative estimate of drug-likeness (QED) is 0.820. The zero-order valence-electron chi connectivity index (χ0n) is 10.3. The third-order valence-corrected chi connectivity index (χ3v) is 3.25. The van der Waals surface area contributed by atoms with Gasteiger partial charge in [0.1, 0.15) is 5.75 Å². The van der Waals surface area contributed by atoms with Gasteiger partial charge in [-0.2, -0.15) is 11.3 Å². The van der Waals surface area contributed by atoms with Crippen molar-refractivity contribution in [1.29, 1.82) is 0 Å². The summed E-state index contributed by atoms with van der Waals surface area (Å²) in [5.41, 5.74) is 2.09. The van der Waals surface area contributed by atoms with E-state index in [9.17, 15) is 4.79 Å². The number of ether oxygens (including phenoxy) is 1. The molecule has 0 saturated carbocycles. The van der Waals surface area contributed by atoms with Crippen LogP contribution in [0.4, 0.5) is 0 Å². The molecule has 4 heteroatoms. The summed E-state index contributed by atoms with van der Waals surface area (Å²) in [5, 5.41) is 12.7. The van der Waals surface area contributed by atoms with Crippen LogP contribution < -0.4 is 4.74 Å². The van der Waals surface area contributed by atoms with Crippen molar-refractivity contribution < 1.29 is 14.6 Å². The number of carbonyl (C=O) groups is 1. The van der Waals surface area contributed by atoms with Crippen molar-refractivity contribution in [2.75, 3.05) is 6.61 Å². The van der Waals surface area contributed by atoms with E-state index in [0.717, 1.165) is 23.8 Å². The molecular formula is C15H14O3S. The Kier molecular flexibility index (Phi) is 4.75. The van der Waals surface area contributed by atoms with E-state index >= 15 is 0 Å². The second-order valence-corrected chi connectivity index (χ2v) is 4.75. The number of thiophene rings is 1. The first-order valence-electron chi connectivity index (χ1n) is 5.89. The summed E-state index contributed by atoms with van der Waals surface area (Å²) in [4.78, 5) is 10.4. The van der Waals surface area contributed by atoms with Gasteiger partial charge in [-0.05, 0) is 46.2 Å². The number of benzene rings is 1. The summed E-state index contributed by atoms with van der Waals surface area (Å²) in [6.45, 7) is 0.614. The van der Waals surface area contributed by atoms with Crippen LogP contribution in [0.2, 0.25) is 0 Å². The lowest BCUT2D eigenvalue weighted by Gasteiger charge is -2.06. The normalized spacial score (nSPS) is 10.7. The number of carboxylic acid groups (broad SMARTS) is 1. The van der Waals surface area contributed by atoms with E-state index in [4.69, 9.17) is 9.84 Å². The Hall–Kier alpha value is -2.07. The molecule has 0 fully saturated rings. The van der Waals surface area contributed by atoms with Gasteiger partial charge < -0.3 is 9.84 Å². The zero-order chi connectivity index (χ0) is 13.5. The fourth-order valence-corrected chi connectivity index (χ4v) is 2.30. The van der Waals surface area contributed by atoms with Crippen LogP contribution in [-0.2, 0) is 11.2 Å².